The van der Waals surface area contributed by atoms with Crippen molar-refractivity contribution in [2.75, 3.05) is 11.4 Å². The van der Waals surface area contributed by atoms with Crippen LogP contribution in [0.4, 0.5) is 11.4 Å². The van der Waals surface area contributed by atoms with Crippen LogP contribution in [0.3, 0.4) is 0 Å². The molecule has 5 heteroatoms. The largest absolute Gasteiger partial charge is 0.347 e. The molecule has 0 radical (unpaired) electrons. The highest BCUT2D eigenvalue weighted by Gasteiger charge is 2.12. The van der Waals surface area contributed by atoms with Gasteiger partial charge in [-0.3, -0.25) is 14.8 Å². The van der Waals surface area contributed by atoms with E-state index in [9.17, 15) is 4.79 Å². The molecule has 2 heterocycles. The molecule has 2 aromatic heterocycles. The van der Waals surface area contributed by atoms with Crippen molar-refractivity contribution in [2.45, 2.75) is 20.4 Å². The predicted molar refractivity (Wildman–Crippen MR) is 104 cm³/mol. The zero-order valence-electron chi connectivity index (χ0n) is 15.0. The number of amides is 1. The molecule has 5 nitrogen and oxygen atoms in total. The van der Waals surface area contributed by atoms with Crippen LogP contribution in [0.25, 0.3) is 0 Å². The van der Waals surface area contributed by atoms with Gasteiger partial charge in [0, 0.05) is 43.1 Å². The van der Waals surface area contributed by atoms with Crippen LogP contribution in [-0.2, 0) is 6.54 Å². The SMILES string of the molecule is CCN(c1cccc(C)c1)c1ccnc(C(=O)NCc2cccnc2)c1. The van der Waals surface area contributed by atoms with Crippen LogP contribution < -0.4 is 10.2 Å². The number of anilines is 2. The zero-order chi connectivity index (χ0) is 18.4. The number of hydrogen-bond donors (Lipinski definition) is 1. The molecule has 0 atom stereocenters. The van der Waals surface area contributed by atoms with E-state index in [0.29, 0.717) is 12.2 Å². The highest BCUT2D eigenvalue weighted by Crippen LogP contribution is 2.25. The van der Waals surface area contributed by atoms with Crippen molar-refractivity contribution in [2.24, 2.45) is 0 Å². The molecule has 1 amide bonds. The summed E-state index contributed by atoms with van der Waals surface area (Å²) in [4.78, 5) is 22.9. The molecule has 0 bridgehead atoms. The Morgan fingerprint density at radius 2 is 1.92 bits per heavy atom. The first-order chi connectivity index (χ1) is 12.7. The number of aromatic nitrogens is 2. The van der Waals surface area contributed by atoms with E-state index in [0.717, 1.165) is 23.5 Å². The quantitative estimate of drug-likeness (QED) is 0.736. The lowest BCUT2D eigenvalue weighted by Gasteiger charge is -2.24. The topological polar surface area (TPSA) is 58.1 Å². The van der Waals surface area contributed by atoms with Gasteiger partial charge in [0.1, 0.15) is 5.69 Å². The summed E-state index contributed by atoms with van der Waals surface area (Å²) < 4.78 is 0. The zero-order valence-corrected chi connectivity index (χ0v) is 15.0. The Bertz CT molecular complexity index is 880. The van der Waals surface area contributed by atoms with E-state index < -0.39 is 0 Å². The van der Waals surface area contributed by atoms with E-state index in [4.69, 9.17) is 0 Å². The summed E-state index contributed by atoms with van der Waals surface area (Å²) in [6.45, 7) is 5.38. The van der Waals surface area contributed by atoms with Crippen LogP contribution in [0.5, 0.6) is 0 Å². The first-order valence-corrected chi connectivity index (χ1v) is 8.64. The van der Waals surface area contributed by atoms with Crippen LogP contribution in [0.15, 0.2) is 67.1 Å². The first-order valence-electron chi connectivity index (χ1n) is 8.64. The third-order valence-corrected chi connectivity index (χ3v) is 4.09. The highest BCUT2D eigenvalue weighted by molar-refractivity contribution is 5.93. The maximum atomic E-state index is 12.5. The molecule has 132 valence electrons. The molecule has 0 aliphatic carbocycles. The van der Waals surface area contributed by atoms with Gasteiger partial charge in [0.05, 0.1) is 0 Å². The highest BCUT2D eigenvalue weighted by atomic mass is 16.1. The van der Waals surface area contributed by atoms with Crippen LogP contribution >= 0.6 is 0 Å². The number of nitrogens with zero attached hydrogens (tertiary/aromatic N) is 3. The Kier molecular flexibility index (Phi) is 5.59. The minimum Gasteiger partial charge on any atom is -0.347 e. The first kappa shape index (κ1) is 17.6. The second-order valence-corrected chi connectivity index (χ2v) is 6.03. The molecule has 26 heavy (non-hydrogen) atoms. The van der Waals surface area contributed by atoms with Gasteiger partial charge in [-0.05, 0) is 55.3 Å². The Hall–Kier alpha value is -3.21. The minimum atomic E-state index is -0.198. The van der Waals surface area contributed by atoms with Gasteiger partial charge in [0.2, 0.25) is 0 Å². The number of aryl methyl sites for hydroxylation is 1. The van der Waals surface area contributed by atoms with Crippen molar-refractivity contribution in [3.05, 3.63) is 83.9 Å². The van der Waals surface area contributed by atoms with Gasteiger partial charge >= 0.3 is 0 Å². The van der Waals surface area contributed by atoms with Crippen molar-refractivity contribution in [1.82, 2.24) is 15.3 Å². The molecule has 0 unspecified atom stereocenters. The Morgan fingerprint density at radius 1 is 1.08 bits per heavy atom. The van der Waals surface area contributed by atoms with E-state index >= 15 is 0 Å². The number of carbonyl (C=O) groups excluding carboxylic acids is 1. The van der Waals surface area contributed by atoms with Gasteiger partial charge in [-0.1, -0.05) is 18.2 Å². The molecule has 0 spiro atoms. The molecule has 1 aromatic carbocycles. The Labute approximate surface area is 153 Å². The molecular weight excluding hydrogens is 324 g/mol. The van der Waals surface area contributed by atoms with Crippen molar-refractivity contribution in [3.8, 4) is 0 Å². The standard InChI is InChI=1S/C21H22N4O/c1-3-25(18-8-4-6-16(2)12-18)19-9-11-23-20(13-19)21(26)24-15-17-7-5-10-22-14-17/h4-14H,3,15H2,1-2H3,(H,24,26). The molecule has 3 rings (SSSR count). The molecule has 0 fully saturated rings. The lowest BCUT2D eigenvalue weighted by atomic mass is 10.2. The third-order valence-electron chi connectivity index (χ3n) is 4.09. The second-order valence-electron chi connectivity index (χ2n) is 6.03. The van der Waals surface area contributed by atoms with Gasteiger partial charge in [0.25, 0.3) is 5.91 Å². The van der Waals surface area contributed by atoms with Crippen LogP contribution in [0, 0.1) is 6.92 Å². The molecule has 0 aliphatic rings. The summed E-state index contributed by atoms with van der Waals surface area (Å²) in [5.74, 6) is -0.198. The summed E-state index contributed by atoms with van der Waals surface area (Å²) in [5, 5.41) is 2.89. The Morgan fingerprint density at radius 3 is 2.65 bits per heavy atom. The number of hydrogen-bond acceptors (Lipinski definition) is 4. The number of benzene rings is 1. The lowest BCUT2D eigenvalue weighted by molar-refractivity contribution is 0.0946. The molecule has 1 N–H and O–H groups in total. The number of carbonyl (C=O) groups is 1. The van der Waals surface area contributed by atoms with E-state index in [1.165, 1.54) is 5.56 Å². The van der Waals surface area contributed by atoms with Crippen LogP contribution in [0.1, 0.15) is 28.5 Å². The smallest absolute Gasteiger partial charge is 0.270 e. The molecular formula is C21H22N4O. The molecule has 0 saturated heterocycles. The average Bonchev–Trinajstić information content (AvgIpc) is 2.68. The fourth-order valence-corrected chi connectivity index (χ4v) is 2.80. The monoisotopic (exact) mass is 346 g/mol. The normalized spacial score (nSPS) is 10.4. The van der Waals surface area contributed by atoms with Crippen molar-refractivity contribution in [1.29, 1.82) is 0 Å². The van der Waals surface area contributed by atoms with Crippen LogP contribution in [-0.4, -0.2) is 22.4 Å². The molecule has 3 aromatic rings. The summed E-state index contributed by atoms with van der Waals surface area (Å²) in [5.41, 5.74) is 4.59. The van der Waals surface area contributed by atoms with Gasteiger partial charge in [-0.15, -0.1) is 0 Å². The summed E-state index contributed by atoms with van der Waals surface area (Å²) in [7, 11) is 0. The molecule has 0 saturated carbocycles. The summed E-state index contributed by atoms with van der Waals surface area (Å²) in [6, 6.07) is 15.8. The Balaban J connectivity index is 1.77. The maximum absolute atomic E-state index is 12.5. The average molecular weight is 346 g/mol. The minimum absolute atomic E-state index is 0.198. The number of pyridine rings is 2. The van der Waals surface area contributed by atoms with Gasteiger partial charge in [-0.25, -0.2) is 0 Å². The third kappa shape index (κ3) is 4.25. The van der Waals surface area contributed by atoms with Gasteiger partial charge in [-0.2, -0.15) is 0 Å². The fourth-order valence-electron chi connectivity index (χ4n) is 2.80. The molecule has 0 aliphatic heterocycles. The van der Waals surface area contributed by atoms with Gasteiger partial charge in [0.15, 0.2) is 0 Å². The maximum Gasteiger partial charge on any atom is 0.270 e. The van der Waals surface area contributed by atoms with E-state index in [2.05, 4.69) is 52.2 Å². The van der Waals surface area contributed by atoms with E-state index in [1.54, 1.807) is 18.6 Å². The number of nitrogens with one attached hydrogen (secondary N) is 1. The fraction of sp³-hybridized carbons (Fsp3) is 0.190. The van der Waals surface area contributed by atoms with Crippen molar-refractivity contribution < 1.29 is 4.79 Å². The van der Waals surface area contributed by atoms with Crippen LogP contribution in [0.2, 0.25) is 0 Å². The van der Waals surface area contributed by atoms with E-state index in [-0.39, 0.29) is 5.91 Å². The predicted octanol–water partition coefficient (Wildman–Crippen LogP) is 3.87. The summed E-state index contributed by atoms with van der Waals surface area (Å²) >= 11 is 0. The van der Waals surface area contributed by atoms with Gasteiger partial charge < -0.3 is 10.2 Å². The van der Waals surface area contributed by atoms with E-state index in [1.807, 2.05) is 30.3 Å². The summed E-state index contributed by atoms with van der Waals surface area (Å²) in [6.07, 6.45) is 5.12. The van der Waals surface area contributed by atoms with Crippen molar-refractivity contribution >= 4 is 17.3 Å². The van der Waals surface area contributed by atoms with Crippen molar-refractivity contribution in [3.63, 3.8) is 0 Å². The second kappa shape index (κ2) is 8.25. The number of rotatable bonds is 6. The lowest BCUT2D eigenvalue weighted by Crippen LogP contribution is -2.24.